The third-order valence-corrected chi connectivity index (χ3v) is 3.10. The summed E-state index contributed by atoms with van der Waals surface area (Å²) in [4.78, 5) is 2.67. The van der Waals surface area contributed by atoms with Crippen LogP contribution in [0.1, 0.15) is 41.5 Å². The number of nitrogens with one attached hydrogen (secondary N) is 1. The van der Waals surface area contributed by atoms with Crippen LogP contribution in [0.3, 0.4) is 0 Å². The van der Waals surface area contributed by atoms with Gasteiger partial charge in [0.15, 0.2) is 0 Å². The van der Waals surface area contributed by atoms with E-state index in [1.54, 1.807) is 0 Å². The van der Waals surface area contributed by atoms with Gasteiger partial charge in [-0.3, -0.25) is 4.90 Å². The van der Waals surface area contributed by atoms with Crippen LogP contribution in [0.5, 0.6) is 0 Å². The number of piperazine rings is 1. The molecule has 2 nitrogen and oxygen atoms in total. The van der Waals surface area contributed by atoms with Gasteiger partial charge in [0, 0.05) is 31.7 Å². The number of nitrogens with zero attached hydrogens (tertiary/aromatic N) is 1. The SMILES string of the molecule is CC1CN(CC(C)(C)C)C(C(C)C)CN1. The molecule has 15 heavy (non-hydrogen) atoms. The summed E-state index contributed by atoms with van der Waals surface area (Å²) in [5.41, 5.74) is 0.407. The van der Waals surface area contributed by atoms with Gasteiger partial charge in [-0.2, -0.15) is 0 Å². The molecule has 0 aromatic heterocycles. The van der Waals surface area contributed by atoms with E-state index in [2.05, 4.69) is 51.8 Å². The average Bonchev–Trinajstić information content (AvgIpc) is 1.99. The zero-order chi connectivity index (χ0) is 11.6. The van der Waals surface area contributed by atoms with E-state index in [0.29, 0.717) is 17.5 Å². The van der Waals surface area contributed by atoms with Crippen molar-refractivity contribution in [2.24, 2.45) is 11.3 Å². The molecule has 1 heterocycles. The van der Waals surface area contributed by atoms with Gasteiger partial charge in [-0.1, -0.05) is 34.6 Å². The minimum atomic E-state index is 0.407. The first-order valence-corrected chi connectivity index (χ1v) is 6.27. The molecule has 1 N–H and O–H groups in total. The second-order valence-electron chi connectivity index (χ2n) is 6.61. The van der Waals surface area contributed by atoms with Gasteiger partial charge in [0.25, 0.3) is 0 Å². The molecule has 1 rings (SSSR count). The Hall–Kier alpha value is -0.0800. The Morgan fingerprint density at radius 3 is 2.40 bits per heavy atom. The average molecular weight is 212 g/mol. The van der Waals surface area contributed by atoms with Crippen LogP contribution in [0.25, 0.3) is 0 Å². The molecule has 2 heteroatoms. The van der Waals surface area contributed by atoms with Crippen molar-refractivity contribution >= 4 is 0 Å². The summed E-state index contributed by atoms with van der Waals surface area (Å²) in [6, 6.07) is 1.35. The fraction of sp³-hybridized carbons (Fsp3) is 1.00. The fourth-order valence-electron chi connectivity index (χ4n) is 2.45. The quantitative estimate of drug-likeness (QED) is 0.756. The van der Waals surface area contributed by atoms with Crippen molar-refractivity contribution in [3.05, 3.63) is 0 Å². The van der Waals surface area contributed by atoms with Crippen molar-refractivity contribution in [1.29, 1.82) is 0 Å². The van der Waals surface area contributed by atoms with Crippen LogP contribution in [-0.4, -0.2) is 36.6 Å². The molecule has 0 spiro atoms. The van der Waals surface area contributed by atoms with E-state index in [0.717, 1.165) is 12.5 Å². The van der Waals surface area contributed by atoms with E-state index >= 15 is 0 Å². The molecule has 1 aliphatic rings. The molecule has 0 aromatic carbocycles. The van der Waals surface area contributed by atoms with Crippen molar-refractivity contribution in [2.75, 3.05) is 19.6 Å². The zero-order valence-electron chi connectivity index (χ0n) is 11.3. The summed E-state index contributed by atoms with van der Waals surface area (Å²) in [6.45, 7) is 17.5. The van der Waals surface area contributed by atoms with E-state index in [1.807, 2.05) is 0 Å². The van der Waals surface area contributed by atoms with E-state index < -0.39 is 0 Å². The summed E-state index contributed by atoms with van der Waals surface area (Å²) in [5.74, 6) is 0.743. The van der Waals surface area contributed by atoms with Gasteiger partial charge in [0.05, 0.1) is 0 Å². The third-order valence-electron chi connectivity index (χ3n) is 3.10. The van der Waals surface area contributed by atoms with Gasteiger partial charge < -0.3 is 5.32 Å². The molecule has 90 valence electrons. The Balaban J connectivity index is 2.62. The smallest absolute Gasteiger partial charge is 0.0244 e. The lowest BCUT2D eigenvalue weighted by Crippen LogP contribution is -2.58. The number of rotatable bonds is 2. The Kier molecular flexibility index (Phi) is 4.19. The van der Waals surface area contributed by atoms with Crippen LogP contribution in [0, 0.1) is 11.3 Å². The third kappa shape index (κ3) is 4.12. The van der Waals surface area contributed by atoms with Gasteiger partial charge >= 0.3 is 0 Å². The second kappa shape index (κ2) is 4.84. The van der Waals surface area contributed by atoms with Crippen LogP contribution in [0.2, 0.25) is 0 Å². The van der Waals surface area contributed by atoms with Crippen molar-refractivity contribution in [3.63, 3.8) is 0 Å². The van der Waals surface area contributed by atoms with E-state index in [1.165, 1.54) is 13.1 Å². The monoisotopic (exact) mass is 212 g/mol. The predicted molar refractivity (Wildman–Crippen MR) is 67.1 cm³/mol. The Bertz CT molecular complexity index is 193. The van der Waals surface area contributed by atoms with Gasteiger partial charge in [-0.15, -0.1) is 0 Å². The minimum absolute atomic E-state index is 0.407. The molecule has 0 aromatic rings. The maximum atomic E-state index is 3.59. The molecule has 1 fully saturated rings. The lowest BCUT2D eigenvalue weighted by molar-refractivity contribution is 0.0692. The topological polar surface area (TPSA) is 15.3 Å². The molecule has 0 aliphatic carbocycles. The van der Waals surface area contributed by atoms with Crippen LogP contribution >= 0.6 is 0 Å². The van der Waals surface area contributed by atoms with E-state index in [9.17, 15) is 0 Å². The van der Waals surface area contributed by atoms with Gasteiger partial charge in [-0.25, -0.2) is 0 Å². The van der Waals surface area contributed by atoms with Crippen LogP contribution in [0.4, 0.5) is 0 Å². The number of hydrogen-bond donors (Lipinski definition) is 1. The first-order chi connectivity index (χ1) is 6.79. The highest BCUT2D eigenvalue weighted by atomic mass is 15.2. The van der Waals surface area contributed by atoms with Crippen molar-refractivity contribution in [2.45, 2.75) is 53.6 Å². The fourth-order valence-corrected chi connectivity index (χ4v) is 2.45. The summed E-state index contributed by atoms with van der Waals surface area (Å²) in [6.07, 6.45) is 0. The standard InChI is InChI=1S/C13H28N2/c1-10(2)12-7-14-11(3)8-15(12)9-13(4,5)6/h10-12,14H,7-9H2,1-6H3. The first-order valence-electron chi connectivity index (χ1n) is 6.27. The first kappa shape index (κ1) is 13.0. The minimum Gasteiger partial charge on any atom is -0.311 e. The maximum Gasteiger partial charge on any atom is 0.0244 e. The van der Waals surface area contributed by atoms with Crippen LogP contribution in [0.15, 0.2) is 0 Å². The highest BCUT2D eigenvalue weighted by Gasteiger charge is 2.30. The second-order valence-corrected chi connectivity index (χ2v) is 6.61. The number of hydrogen-bond acceptors (Lipinski definition) is 2. The lowest BCUT2D eigenvalue weighted by atomic mass is 9.91. The molecular weight excluding hydrogens is 184 g/mol. The maximum absolute atomic E-state index is 3.59. The highest BCUT2D eigenvalue weighted by molar-refractivity contribution is 4.87. The van der Waals surface area contributed by atoms with Crippen molar-refractivity contribution in [1.82, 2.24) is 10.2 Å². The molecule has 1 saturated heterocycles. The molecule has 0 amide bonds. The molecule has 0 radical (unpaired) electrons. The molecule has 1 aliphatic heterocycles. The van der Waals surface area contributed by atoms with E-state index in [4.69, 9.17) is 0 Å². The summed E-state index contributed by atoms with van der Waals surface area (Å²) in [5, 5.41) is 3.59. The highest BCUT2D eigenvalue weighted by Crippen LogP contribution is 2.22. The summed E-state index contributed by atoms with van der Waals surface area (Å²) in [7, 11) is 0. The Morgan fingerprint density at radius 1 is 1.33 bits per heavy atom. The Labute approximate surface area is 95.4 Å². The molecule has 0 bridgehead atoms. The van der Waals surface area contributed by atoms with Gasteiger partial charge in [0.2, 0.25) is 0 Å². The predicted octanol–water partition coefficient (Wildman–Crippen LogP) is 2.35. The summed E-state index contributed by atoms with van der Waals surface area (Å²) < 4.78 is 0. The Morgan fingerprint density at radius 2 is 1.93 bits per heavy atom. The zero-order valence-corrected chi connectivity index (χ0v) is 11.3. The van der Waals surface area contributed by atoms with Crippen molar-refractivity contribution in [3.8, 4) is 0 Å². The van der Waals surface area contributed by atoms with Gasteiger partial charge in [-0.05, 0) is 18.3 Å². The molecule has 2 unspecified atom stereocenters. The summed E-state index contributed by atoms with van der Waals surface area (Å²) >= 11 is 0. The van der Waals surface area contributed by atoms with Crippen LogP contribution < -0.4 is 5.32 Å². The van der Waals surface area contributed by atoms with Crippen LogP contribution in [-0.2, 0) is 0 Å². The lowest BCUT2D eigenvalue weighted by Gasteiger charge is -2.44. The van der Waals surface area contributed by atoms with Gasteiger partial charge in [0.1, 0.15) is 0 Å². The molecular formula is C13H28N2. The largest absolute Gasteiger partial charge is 0.311 e. The normalized spacial score (nSPS) is 29.8. The van der Waals surface area contributed by atoms with Crippen molar-refractivity contribution < 1.29 is 0 Å². The van der Waals surface area contributed by atoms with E-state index in [-0.39, 0.29) is 0 Å². The molecule has 2 atom stereocenters. The molecule has 0 saturated carbocycles.